The first-order valence-electron chi connectivity index (χ1n) is 7.51. The first-order valence-corrected chi connectivity index (χ1v) is 7.51. The summed E-state index contributed by atoms with van der Waals surface area (Å²) in [6, 6.07) is 11.6. The maximum atomic E-state index is 12.4. The zero-order valence-electron chi connectivity index (χ0n) is 13.5. The summed E-state index contributed by atoms with van der Waals surface area (Å²) in [7, 11) is 1.65. The Morgan fingerprint density at radius 3 is 3.00 bits per heavy atom. The van der Waals surface area contributed by atoms with Gasteiger partial charge >= 0.3 is 0 Å². The van der Waals surface area contributed by atoms with E-state index >= 15 is 0 Å². The lowest BCUT2D eigenvalue weighted by Gasteiger charge is -2.14. The molecule has 0 atom stereocenters. The van der Waals surface area contributed by atoms with Gasteiger partial charge in [-0.15, -0.1) is 5.10 Å². The lowest BCUT2D eigenvalue weighted by atomic mass is 10.2. The molecular formula is C17H16N6O. The van der Waals surface area contributed by atoms with Gasteiger partial charge in [0.15, 0.2) is 5.69 Å². The second-order valence-electron chi connectivity index (χ2n) is 5.45. The van der Waals surface area contributed by atoms with Crippen molar-refractivity contribution in [1.82, 2.24) is 24.9 Å². The van der Waals surface area contributed by atoms with E-state index in [0.717, 1.165) is 16.6 Å². The molecule has 24 heavy (non-hydrogen) atoms. The molecule has 2 heterocycles. The summed E-state index contributed by atoms with van der Waals surface area (Å²) in [6.07, 6.45) is 2.03. The molecule has 0 saturated carbocycles. The smallest absolute Gasteiger partial charge is 0.276 e. The summed E-state index contributed by atoms with van der Waals surface area (Å²) in [5.41, 5.74) is 2.67. The van der Waals surface area contributed by atoms with Crippen molar-refractivity contribution >= 4 is 16.8 Å². The number of pyridine rings is 1. The van der Waals surface area contributed by atoms with Crippen molar-refractivity contribution in [2.24, 2.45) is 0 Å². The third-order valence-electron chi connectivity index (χ3n) is 3.83. The topological polar surface area (TPSA) is 87.7 Å². The number of aromatic nitrogens is 4. The van der Waals surface area contributed by atoms with Crippen molar-refractivity contribution in [2.45, 2.75) is 13.3 Å². The summed E-state index contributed by atoms with van der Waals surface area (Å²) in [6.45, 7) is 2.17. The zero-order chi connectivity index (χ0) is 17.1. The minimum Gasteiger partial charge on any atom is -0.339 e. The van der Waals surface area contributed by atoms with Crippen LogP contribution in [-0.2, 0) is 0 Å². The van der Waals surface area contributed by atoms with Gasteiger partial charge in [0.1, 0.15) is 0 Å². The molecule has 120 valence electrons. The van der Waals surface area contributed by atoms with Gasteiger partial charge in [-0.05, 0) is 31.2 Å². The van der Waals surface area contributed by atoms with Gasteiger partial charge in [-0.3, -0.25) is 9.78 Å². The van der Waals surface area contributed by atoms with Gasteiger partial charge in [-0.25, -0.2) is 4.68 Å². The normalized spacial score (nSPS) is 10.5. The van der Waals surface area contributed by atoms with Crippen LogP contribution in [0, 0.1) is 18.3 Å². The van der Waals surface area contributed by atoms with Crippen molar-refractivity contribution in [3.63, 3.8) is 0 Å². The number of carbonyl (C=O) groups is 1. The van der Waals surface area contributed by atoms with Crippen LogP contribution < -0.4 is 0 Å². The fourth-order valence-electron chi connectivity index (χ4n) is 2.47. The number of rotatable bonds is 4. The van der Waals surface area contributed by atoms with E-state index in [1.165, 1.54) is 4.90 Å². The van der Waals surface area contributed by atoms with Crippen LogP contribution in [0.3, 0.4) is 0 Å². The molecular weight excluding hydrogens is 304 g/mol. The molecule has 0 aliphatic carbocycles. The Hall–Kier alpha value is -3.27. The monoisotopic (exact) mass is 320 g/mol. The minimum absolute atomic E-state index is 0.239. The van der Waals surface area contributed by atoms with Gasteiger partial charge < -0.3 is 4.90 Å². The molecule has 1 amide bonds. The van der Waals surface area contributed by atoms with E-state index in [4.69, 9.17) is 5.26 Å². The highest BCUT2D eigenvalue weighted by Crippen LogP contribution is 2.18. The van der Waals surface area contributed by atoms with Crippen LogP contribution in [0.1, 0.15) is 22.6 Å². The van der Waals surface area contributed by atoms with Crippen molar-refractivity contribution < 1.29 is 4.79 Å². The predicted octanol–water partition coefficient (Wildman–Crippen LogP) is 2.11. The Labute approximate surface area is 139 Å². The molecule has 0 N–H and O–H groups in total. The van der Waals surface area contributed by atoms with E-state index in [2.05, 4.69) is 15.3 Å². The molecule has 2 aromatic heterocycles. The van der Waals surface area contributed by atoms with Gasteiger partial charge in [-0.2, -0.15) is 5.26 Å². The average Bonchev–Trinajstić information content (AvgIpc) is 3.00. The van der Waals surface area contributed by atoms with Crippen LogP contribution in [0.15, 0.2) is 36.5 Å². The number of benzene rings is 1. The molecule has 1 aromatic carbocycles. The predicted molar refractivity (Wildman–Crippen MR) is 88.6 cm³/mol. The molecule has 0 unspecified atom stereocenters. The molecule has 0 aliphatic heterocycles. The highest BCUT2D eigenvalue weighted by Gasteiger charge is 2.20. The number of hydrogen-bond acceptors (Lipinski definition) is 5. The molecule has 7 heteroatoms. The van der Waals surface area contributed by atoms with Crippen LogP contribution in [0.25, 0.3) is 16.6 Å². The maximum Gasteiger partial charge on any atom is 0.276 e. The van der Waals surface area contributed by atoms with Crippen LogP contribution in [0.5, 0.6) is 0 Å². The summed E-state index contributed by atoms with van der Waals surface area (Å²) in [4.78, 5) is 18.2. The van der Waals surface area contributed by atoms with Crippen LogP contribution in [-0.4, -0.2) is 44.4 Å². The second-order valence-corrected chi connectivity index (χ2v) is 5.45. The molecule has 3 aromatic rings. The highest BCUT2D eigenvalue weighted by molar-refractivity contribution is 5.93. The summed E-state index contributed by atoms with van der Waals surface area (Å²) >= 11 is 0. The zero-order valence-corrected chi connectivity index (χ0v) is 13.5. The highest BCUT2D eigenvalue weighted by atomic mass is 16.2. The van der Waals surface area contributed by atoms with Crippen molar-refractivity contribution in [1.29, 1.82) is 5.26 Å². The third kappa shape index (κ3) is 2.82. The molecule has 0 bridgehead atoms. The Morgan fingerprint density at radius 2 is 2.21 bits per heavy atom. The van der Waals surface area contributed by atoms with E-state index in [1.54, 1.807) is 24.9 Å². The summed E-state index contributed by atoms with van der Waals surface area (Å²) in [5, 5.41) is 17.8. The minimum atomic E-state index is -0.239. The Kier molecular flexibility index (Phi) is 4.20. The second kappa shape index (κ2) is 6.46. The van der Waals surface area contributed by atoms with Crippen LogP contribution >= 0.6 is 0 Å². The number of carbonyl (C=O) groups excluding carboxylic acids is 1. The van der Waals surface area contributed by atoms with E-state index in [1.807, 2.05) is 36.4 Å². The van der Waals surface area contributed by atoms with Gasteiger partial charge in [0.05, 0.1) is 29.4 Å². The Balaban J connectivity index is 1.94. The van der Waals surface area contributed by atoms with Crippen molar-refractivity contribution in [3.05, 3.63) is 47.9 Å². The quantitative estimate of drug-likeness (QED) is 0.734. The van der Waals surface area contributed by atoms with E-state index in [-0.39, 0.29) is 12.3 Å². The number of fused-ring (bicyclic) bond motifs is 1. The lowest BCUT2D eigenvalue weighted by Crippen LogP contribution is -2.28. The SMILES string of the molecule is Cc1c(C(=O)N(C)CCC#N)nnn1-c1ccc2ncccc2c1. The van der Waals surface area contributed by atoms with Crippen molar-refractivity contribution in [2.75, 3.05) is 13.6 Å². The molecule has 7 nitrogen and oxygen atoms in total. The van der Waals surface area contributed by atoms with Gasteiger partial charge in [0, 0.05) is 25.2 Å². The van der Waals surface area contributed by atoms with E-state index in [9.17, 15) is 4.79 Å². The summed E-state index contributed by atoms with van der Waals surface area (Å²) < 4.78 is 1.64. The molecule has 0 saturated heterocycles. The standard InChI is InChI=1S/C17H16N6O/c1-12-16(17(24)22(2)10-4-8-18)20-21-23(12)14-6-7-15-13(11-14)5-3-9-19-15/h3,5-7,9,11H,4,10H2,1-2H3. The number of amides is 1. The Bertz CT molecular complexity index is 940. The van der Waals surface area contributed by atoms with Crippen LogP contribution in [0.2, 0.25) is 0 Å². The fraction of sp³-hybridized carbons (Fsp3) is 0.235. The lowest BCUT2D eigenvalue weighted by molar-refractivity contribution is 0.0791. The third-order valence-corrected chi connectivity index (χ3v) is 3.83. The number of nitrogens with zero attached hydrogens (tertiary/aromatic N) is 6. The van der Waals surface area contributed by atoms with Crippen molar-refractivity contribution in [3.8, 4) is 11.8 Å². The summed E-state index contributed by atoms with van der Waals surface area (Å²) in [5.74, 6) is -0.239. The Morgan fingerprint density at radius 1 is 1.38 bits per heavy atom. The van der Waals surface area contributed by atoms with Gasteiger partial charge in [-0.1, -0.05) is 11.3 Å². The first-order chi connectivity index (χ1) is 11.6. The molecule has 0 spiro atoms. The van der Waals surface area contributed by atoms with Gasteiger partial charge in [0.2, 0.25) is 0 Å². The van der Waals surface area contributed by atoms with Crippen LogP contribution in [0.4, 0.5) is 0 Å². The molecule has 0 fully saturated rings. The van der Waals surface area contributed by atoms with E-state index in [0.29, 0.717) is 17.9 Å². The maximum absolute atomic E-state index is 12.4. The molecule has 0 aliphatic rings. The fourth-order valence-corrected chi connectivity index (χ4v) is 2.47. The van der Waals surface area contributed by atoms with Gasteiger partial charge in [0.25, 0.3) is 5.91 Å². The molecule has 3 rings (SSSR count). The average molecular weight is 320 g/mol. The largest absolute Gasteiger partial charge is 0.339 e. The number of hydrogen-bond donors (Lipinski definition) is 0. The van der Waals surface area contributed by atoms with E-state index < -0.39 is 0 Å². The number of nitriles is 1. The molecule has 0 radical (unpaired) electrons. The first kappa shape index (κ1) is 15.6.